The Labute approximate surface area is 163 Å². The molecule has 1 amide bonds. The Morgan fingerprint density at radius 2 is 1.12 bits per heavy atom. The Morgan fingerprint density at radius 1 is 0.769 bits per heavy atom. The number of amides is 1. The monoisotopic (exact) mass is 425 g/mol. The quantitative estimate of drug-likeness (QED) is 0.495. The van der Waals surface area contributed by atoms with Crippen LogP contribution in [0.1, 0.15) is 6.92 Å². The van der Waals surface area contributed by atoms with Crippen LogP contribution in [0, 0.1) is 0 Å². The van der Waals surface area contributed by atoms with Crippen molar-refractivity contribution in [1.29, 1.82) is 0 Å². The van der Waals surface area contributed by atoms with Gasteiger partial charge in [-0.2, -0.15) is 0 Å². The second-order valence-corrected chi connectivity index (χ2v) is 9.73. The molecule has 0 aliphatic rings. The van der Waals surface area contributed by atoms with E-state index in [9.17, 15) is 4.79 Å². The first-order valence-corrected chi connectivity index (χ1v) is 11.1. The number of hydrogen-bond acceptors (Lipinski definition) is 1. The first-order chi connectivity index (χ1) is 12.7. The summed E-state index contributed by atoms with van der Waals surface area (Å²) in [6.45, 7) is 1.55. The average molecular weight is 424 g/mol. The van der Waals surface area contributed by atoms with Crippen LogP contribution >= 0.6 is 7.26 Å². The number of hydrogen-bond donors (Lipinski definition) is 1. The molecule has 26 heavy (non-hydrogen) atoms. The number of carbonyl (C=O) groups is 1. The molecule has 0 spiro atoms. The van der Waals surface area contributed by atoms with Gasteiger partial charge in [-0.05, 0) is 0 Å². The van der Waals surface area contributed by atoms with Crippen molar-refractivity contribution in [1.82, 2.24) is 5.32 Å². The molecule has 3 aromatic carbocycles. The van der Waals surface area contributed by atoms with Gasteiger partial charge in [0.1, 0.15) is 0 Å². The number of carbonyl (C=O) groups excluding carboxylic acids is 1. The summed E-state index contributed by atoms with van der Waals surface area (Å²) >= 11 is 3.01. The number of benzene rings is 3. The van der Waals surface area contributed by atoms with Crippen molar-refractivity contribution in [2.75, 3.05) is 0 Å². The number of rotatable bonds is 5. The third-order valence-electron chi connectivity index (χ3n) is 4.21. The van der Waals surface area contributed by atoms with Crippen molar-refractivity contribution >= 4 is 45.1 Å². The standard InChI is InChI=1S/C22H20NOPSe/c1-18(24)23-22(17-26)25(19-11-5-2-6-12-19,20-13-7-3-8-14-20)21-15-9-4-10-16-21/h2-17H,1H3,(H-,23,24,26)/b22-17+. The molecule has 0 heterocycles. The van der Waals surface area contributed by atoms with E-state index in [1.54, 1.807) is 6.92 Å². The van der Waals surface area contributed by atoms with Gasteiger partial charge >= 0.3 is 164 Å². The molecule has 0 atom stereocenters. The van der Waals surface area contributed by atoms with Crippen molar-refractivity contribution in [3.63, 3.8) is 0 Å². The van der Waals surface area contributed by atoms with Crippen molar-refractivity contribution < 1.29 is 4.79 Å². The summed E-state index contributed by atoms with van der Waals surface area (Å²) in [5.74, 6) is -0.0707. The summed E-state index contributed by atoms with van der Waals surface area (Å²) in [6, 6.07) is 31.3. The normalized spacial score (nSPS) is 11.8. The van der Waals surface area contributed by atoms with E-state index in [0.29, 0.717) is 0 Å². The molecule has 0 unspecified atom stereocenters. The summed E-state index contributed by atoms with van der Waals surface area (Å²) in [7, 11) is -2.22. The molecule has 0 saturated heterocycles. The molecule has 0 fully saturated rings. The van der Waals surface area contributed by atoms with Gasteiger partial charge in [-0.25, -0.2) is 0 Å². The fraction of sp³-hybridized carbons (Fsp3) is 0.0455. The zero-order chi connectivity index (χ0) is 18.4. The molecule has 0 aliphatic carbocycles. The molecule has 2 nitrogen and oxygen atoms in total. The molecule has 0 aromatic heterocycles. The molecular weight excluding hydrogens is 404 g/mol. The van der Waals surface area contributed by atoms with Crippen molar-refractivity contribution in [2.45, 2.75) is 6.92 Å². The van der Waals surface area contributed by atoms with Gasteiger partial charge in [-0.3, -0.25) is 0 Å². The van der Waals surface area contributed by atoms with Gasteiger partial charge in [0.05, 0.1) is 0 Å². The van der Waals surface area contributed by atoms with Gasteiger partial charge in [0.2, 0.25) is 0 Å². The first-order valence-electron chi connectivity index (χ1n) is 8.35. The summed E-state index contributed by atoms with van der Waals surface area (Å²) in [5, 5.41) is 6.71. The Kier molecular flexibility index (Phi) is 6.06. The van der Waals surface area contributed by atoms with Gasteiger partial charge in [-0.15, -0.1) is 0 Å². The van der Waals surface area contributed by atoms with Gasteiger partial charge in [-0.1, -0.05) is 0 Å². The van der Waals surface area contributed by atoms with Crippen LogP contribution in [-0.2, 0) is 4.79 Å². The van der Waals surface area contributed by atoms with E-state index >= 15 is 0 Å². The van der Waals surface area contributed by atoms with E-state index in [0.717, 1.165) is 5.44 Å². The molecule has 3 aromatic rings. The van der Waals surface area contributed by atoms with Crippen molar-refractivity contribution in [3.05, 3.63) is 101 Å². The first kappa shape index (κ1) is 18.6. The van der Waals surface area contributed by atoms with Gasteiger partial charge < -0.3 is 0 Å². The van der Waals surface area contributed by atoms with E-state index in [1.807, 2.05) is 23.2 Å². The zero-order valence-corrected chi connectivity index (χ0v) is 17.1. The maximum atomic E-state index is 12.0. The second-order valence-electron chi connectivity index (χ2n) is 5.86. The molecule has 0 radical (unpaired) electrons. The molecule has 0 saturated carbocycles. The van der Waals surface area contributed by atoms with E-state index in [1.165, 1.54) is 15.9 Å². The molecule has 0 aliphatic heterocycles. The van der Waals surface area contributed by atoms with Crippen molar-refractivity contribution in [2.24, 2.45) is 0 Å². The average Bonchev–Trinajstić information content (AvgIpc) is 2.70. The number of nitrogens with one attached hydrogen (secondary N) is 1. The van der Waals surface area contributed by atoms with E-state index in [-0.39, 0.29) is 5.91 Å². The minimum atomic E-state index is -2.22. The fourth-order valence-corrected chi connectivity index (χ4v) is 8.38. The Morgan fingerprint density at radius 3 is 1.38 bits per heavy atom. The van der Waals surface area contributed by atoms with Gasteiger partial charge in [0, 0.05) is 0 Å². The predicted molar refractivity (Wildman–Crippen MR) is 113 cm³/mol. The molecule has 1 N–H and O–H groups in total. The van der Waals surface area contributed by atoms with Crippen molar-refractivity contribution in [3.8, 4) is 0 Å². The maximum absolute atomic E-state index is 12.0. The zero-order valence-electron chi connectivity index (χ0n) is 14.5. The molecule has 3 rings (SSSR count). The van der Waals surface area contributed by atoms with Crippen LogP contribution in [-0.4, -0.2) is 21.9 Å². The van der Waals surface area contributed by atoms with Gasteiger partial charge in [0.15, 0.2) is 0 Å². The molecular formula is C22H20NOPSe. The molecule has 4 heteroatoms. The van der Waals surface area contributed by atoms with Crippen LogP contribution in [0.3, 0.4) is 0 Å². The van der Waals surface area contributed by atoms with Crippen LogP contribution in [0.25, 0.3) is 0 Å². The van der Waals surface area contributed by atoms with E-state index in [4.69, 9.17) is 0 Å². The second kappa shape index (κ2) is 8.47. The van der Waals surface area contributed by atoms with Crippen LogP contribution in [0.2, 0.25) is 0 Å². The van der Waals surface area contributed by atoms with E-state index < -0.39 is 7.26 Å². The third kappa shape index (κ3) is 3.52. The van der Waals surface area contributed by atoms with E-state index in [2.05, 4.69) is 94.1 Å². The topological polar surface area (TPSA) is 29.1 Å². The SMILES string of the molecule is CC(=O)N/C(=C\[Se-])[P+](c1ccccc1)(c1ccccc1)c1ccccc1. The molecule has 0 bridgehead atoms. The summed E-state index contributed by atoms with van der Waals surface area (Å²) in [5.41, 5.74) is 0.911. The summed E-state index contributed by atoms with van der Waals surface area (Å²) < 4.78 is 0. The summed E-state index contributed by atoms with van der Waals surface area (Å²) in [6.07, 6.45) is 0. The Bertz CT molecular complexity index is 799. The summed E-state index contributed by atoms with van der Waals surface area (Å²) in [4.78, 5) is 13.9. The van der Waals surface area contributed by atoms with Crippen LogP contribution < -0.4 is 21.2 Å². The Hall–Kier alpha value is -2.18. The van der Waals surface area contributed by atoms with Gasteiger partial charge in [0.25, 0.3) is 0 Å². The molecule has 130 valence electrons. The van der Waals surface area contributed by atoms with Crippen LogP contribution in [0.4, 0.5) is 0 Å². The Balaban J connectivity index is 2.41. The third-order valence-corrected chi connectivity index (χ3v) is 9.28. The van der Waals surface area contributed by atoms with Crippen LogP contribution in [0.5, 0.6) is 0 Å². The fourth-order valence-electron chi connectivity index (χ4n) is 3.19. The van der Waals surface area contributed by atoms with Crippen LogP contribution in [0.15, 0.2) is 101 Å². The predicted octanol–water partition coefficient (Wildman–Crippen LogP) is 3.08. The minimum absolute atomic E-state index is 0.0707.